The number of nitrogens with one attached hydrogen (secondary N) is 1. The lowest BCUT2D eigenvalue weighted by atomic mass is 10.3. The Balaban J connectivity index is 2.43. The largest absolute Gasteiger partial charge is 0.441 e. The van der Waals surface area contributed by atoms with Gasteiger partial charge in [-0.2, -0.15) is 13.2 Å². The molecule has 16 heavy (non-hydrogen) atoms. The van der Waals surface area contributed by atoms with Crippen molar-refractivity contribution in [2.24, 2.45) is 0 Å². The van der Waals surface area contributed by atoms with Gasteiger partial charge in [0, 0.05) is 16.8 Å². The molecule has 7 heteroatoms. The fourth-order valence-electron chi connectivity index (χ4n) is 1.01. The van der Waals surface area contributed by atoms with Crippen molar-refractivity contribution in [2.75, 3.05) is 17.6 Å². The number of para-hydroxylation sites is 1. The van der Waals surface area contributed by atoms with E-state index in [1.807, 2.05) is 0 Å². The van der Waals surface area contributed by atoms with Crippen LogP contribution in [0.25, 0.3) is 0 Å². The Morgan fingerprint density at radius 1 is 1.31 bits per heavy atom. The van der Waals surface area contributed by atoms with Crippen molar-refractivity contribution in [2.45, 2.75) is 5.51 Å². The summed E-state index contributed by atoms with van der Waals surface area (Å²) in [6.45, 7) is 0.0453. The van der Waals surface area contributed by atoms with Gasteiger partial charge in [0.2, 0.25) is 0 Å². The maximum Gasteiger partial charge on any atom is 0.441 e. The van der Waals surface area contributed by atoms with Crippen LogP contribution in [0.5, 0.6) is 0 Å². The lowest BCUT2D eigenvalue weighted by Gasteiger charge is -2.10. The standard InChI is InChI=1S/C9H8BrF4NS/c10-6-2-1-3-7(11)8(6)15-4-5-16-9(12,13)14/h1-3,15H,4-5H2. The van der Waals surface area contributed by atoms with Gasteiger partial charge in [-0.3, -0.25) is 0 Å². The monoisotopic (exact) mass is 317 g/mol. The van der Waals surface area contributed by atoms with Crippen molar-refractivity contribution in [1.29, 1.82) is 0 Å². The summed E-state index contributed by atoms with van der Waals surface area (Å²) in [5.74, 6) is -0.657. The average molecular weight is 318 g/mol. The van der Waals surface area contributed by atoms with E-state index in [0.717, 1.165) is 0 Å². The number of hydrogen-bond acceptors (Lipinski definition) is 2. The smallest absolute Gasteiger partial charge is 0.381 e. The number of rotatable bonds is 4. The van der Waals surface area contributed by atoms with Gasteiger partial charge in [-0.1, -0.05) is 6.07 Å². The van der Waals surface area contributed by atoms with Gasteiger partial charge in [-0.25, -0.2) is 4.39 Å². The molecule has 0 aliphatic carbocycles. The molecule has 0 fully saturated rings. The van der Waals surface area contributed by atoms with Crippen LogP contribution in [-0.4, -0.2) is 17.8 Å². The van der Waals surface area contributed by atoms with E-state index in [-0.39, 0.29) is 29.7 Å². The minimum Gasteiger partial charge on any atom is -0.381 e. The topological polar surface area (TPSA) is 12.0 Å². The molecule has 0 aliphatic heterocycles. The van der Waals surface area contributed by atoms with Crippen LogP contribution in [0.15, 0.2) is 22.7 Å². The third kappa shape index (κ3) is 4.61. The Morgan fingerprint density at radius 2 is 2.00 bits per heavy atom. The number of halogens is 5. The normalized spacial score (nSPS) is 11.6. The summed E-state index contributed by atoms with van der Waals surface area (Å²) in [5.41, 5.74) is -4.06. The third-order valence-electron chi connectivity index (χ3n) is 1.63. The SMILES string of the molecule is Fc1cccc(Br)c1NCCSC(F)(F)F. The van der Waals surface area contributed by atoms with Gasteiger partial charge >= 0.3 is 5.51 Å². The summed E-state index contributed by atoms with van der Waals surface area (Å²) in [7, 11) is 0. The molecule has 0 spiro atoms. The van der Waals surface area contributed by atoms with Crippen LogP contribution in [0.1, 0.15) is 0 Å². The van der Waals surface area contributed by atoms with E-state index in [0.29, 0.717) is 4.47 Å². The van der Waals surface area contributed by atoms with Crippen LogP contribution < -0.4 is 5.32 Å². The molecule has 1 nitrogen and oxygen atoms in total. The molecule has 0 aromatic heterocycles. The van der Waals surface area contributed by atoms with Crippen LogP contribution in [0.3, 0.4) is 0 Å². The maximum atomic E-state index is 13.2. The highest BCUT2D eigenvalue weighted by Crippen LogP contribution is 2.30. The molecule has 1 rings (SSSR count). The molecule has 1 aromatic rings. The average Bonchev–Trinajstić information content (AvgIpc) is 2.14. The summed E-state index contributed by atoms with van der Waals surface area (Å²) in [4.78, 5) is 0. The Bertz CT molecular complexity index is 336. The molecular formula is C9H8BrF4NS. The molecule has 0 saturated carbocycles. The van der Waals surface area contributed by atoms with Crippen LogP contribution in [0.4, 0.5) is 23.2 Å². The predicted octanol–water partition coefficient (Wildman–Crippen LogP) is 4.25. The zero-order valence-electron chi connectivity index (χ0n) is 7.94. The van der Waals surface area contributed by atoms with Crippen molar-refractivity contribution in [3.63, 3.8) is 0 Å². The number of hydrogen-bond donors (Lipinski definition) is 1. The number of alkyl halides is 3. The van der Waals surface area contributed by atoms with E-state index in [1.54, 1.807) is 6.07 Å². The van der Waals surface area contributed by atoms with Gasteiger partial charge in [0.15, 0.2) is 0 Å². The fraction of sp³-hybridized carbons (Fsp3) is 0.333. The summed E-state index contributed by atoms with van der Waals surface area (Å²) in [6.07, 6.45) is 0. The van der Waals surface area contributed by atoms with Crippen molar-refractivity contribution in [3.8, 4) is 0 Å². The zero-order valence-corrected chi connectivity index (χ0v) is 10.3. The predicted molar refractivity (Wildman–Crippen MR) is 61.1 cm³/mol. The molecule has 0 radical (unpaired) electrons. The minimum absolute atomic E-state index is 0.0453. The summed E-state index contributed by atoms with van der Waals surface area (Å²) < 4.78 is 49.1. The van der Waals surface area contributed by atoms with Gasteiger partial charge < -0.3 is 5.32 Å². The lowest BCUT2D eigenvalue weighted by molar-refractivity contribution is -0.0327. The number of benzene rings is 1. The van der Waals surface area contributed by atoms with Crippen molar-refractivity contribution < 1.29 is 17.6 Å². The molecule has 0 heterocycles. The maximum absolute atomic E-state index is 13.2. The number of anilines is 1. The molecule has 0 bridgehead atoms. The quantitative estimate of drug-likeness (QED) is 0.658. The van der Waals surface area contributed by atoms with Gasteiger partial charge in [0.25, 0.3) is 0 Å². The highest BCUT2D eigenvalue weighted by Gasteiger charge is 2.27. The van der Waals surface area contributed by atoms with Crippen LogP contribution in [0.2, 0.25) is 0 Å². The molecule has 0 saturated heterocycles. The Morgan fingerprint density at radius 3 is 2.56 bits per heavy atom. The second-order valence-corrected chi connectivity index (χ2v) is 4.83. The highest BCUT2D eigenvalue weighted by atomic mass is 79.9. The first kappa shape index (κ1) is 13.6. The Kier molecular flexibility index (Phi) is 4.91. The fourth-order valence-corrected chi connectivity index (χ4v) is 1.93. The first-order valence-corrected chi connectivity index (χ1v) is 6.06. The van der Waals surface area contributed by atoms with E-state index in [4.69, 9.17) is 0 Å². The second-order valence-electron chi connectivity index (χ2n) is 2.82. The molecule has 1 N–H and O–H groups in total. The molecule has 0 aliphatic rings. The van der Waals surface area contributed by atoms with E-state index in [1.165, 1.54) is 12.1 Å². The van der Waals surface area contributed by atoms with E-state index >= 15 is 0 Å². The lowest BCUT2D eigenvalue weighted by Crippen LogP contribution is -2.10. The number of thioether (sulfide) groups is 1. The molecule has 0 amide bonds. The highest BCUT2D eigenvalue weighted by molar-refractivity contribution is 9.10. The van der Waals surface area contributed by atoms with E-state index in [9.17, 15) is 17.6 Å². The molecule has 0 atom stereocenters. The van der Waals surface area contributed by atoms with Gasteiger partial charge in [0.1, 0.15) is 5.82 Å². The van der Waals surface area contributed by atoms with E-state index in [2.05, 4.69) is 21.2 Å². The van der Waals surface area contributed by atoms with Gasteiger partial charge in [-0.05, 0) is 39.8 Å². The molecule has 0 unspecified atom stereocenters. The first-order valence-electron chi connectivity index (χ1n) is 4.29. The summed E-state index contributed by atoms with van der Waals surface area (Å²) in [6, 6.07) is 4.36. The Labute approximate surface area is 103 Å². The van der Waals surface area contributed by atoms with Crippen LogP contribution >= 0.6 is 27.7 Å². The second kappa shape index (κ2) is 5.77. The molecule has 1 aromatic carbocycles. The molecular weight excluding hydrogens is 310 g/mol. The summed E-state index contributed by atoms with van der Waals surface area (Å²) in [5, 5.41) is 2.61. The van der Waals surface area contributed by atoms with Crippen molar-refractivity contribution in [3.05, 3.63) is 28.5 Å². The third-order valence-corrected chi connectivity index (χ3v) is 3.03. The van der Waals surface area contributed by atoms with Crippen LogP contribution in [0, 0.1) is 5.82 Å². The first-order chi connectivity index (χ1) is 7.40. The summed E-state index contributed by atoms with van der Waals surface area (Å²) >= 11 is 2.97. The minimum atomic E-state index is -4.24. The van der Waals surface area contributed by atoms with Crippen LogP contribution in [-0.2, 0) is 0 Å². The Hall–Kier alpha value is -0.430. The van der Waals surface area contributed by atoms with Crippen molar-refractivity contribution >= 4 is 33.4 Å². The zero-order chi connectivity index (χ0) is 12.2. The van der Waals surface area contributed by atoms with Crippen molar-refractivity contribution in [1.82, 2.24) is 0 Å². The van der Waals surface area contributed by atoms with Gasteiger partial charge in [0.05, 0.1) is 5.69 Å². The van der Waals surface area contributed by atoms with Gasteiger partial charge in [-0.15, -0.1) is 0 Å². The van der Waals surface area contributed by atoms with E-state index < -0.39 is 11.3 Å². The molecule has 90 valence electrons.